The van der Waals surface area contributed by atoms with Gasteiger partial charge in [-0.2, -0.15) is 16.1 Å². The number of sulfonamides is 1. The van der Waals surface area contributed by atoms with Crippen LogP contribution in [0, 0.1) is 0 Å². The standard InChI is InChI=1S/C17H20N2O5S2/c1-17(2,3)24-15(20)10-18-26(22,23)14-6-4-13(5-7-14)19-16(21)12-8-9-25-11-12/h4-9,11,18H,10H2,1-3H3,(H,19,21). The number of benzene rings is 1. The summed E-state index contributed by atoms with van der Waals surface area (Å²) in [6, 6.07) is 7.35. The molecule has 0 saturated heterocycles. The van der Waals surface area contributed by atoms with E-state index in [1.807, 2.05) is 0 Å². The number of esters is 1. The molecular weight excluding hydrogens is 376 g/mol. The van der Waals surface area contributed by atoms with E-state index in [9.17, 15) is 18.0 Å². The molecule has 9 heteroatoms. The fraction of sp³-hybridized carbons (Fsp3) is 0.294. The molecule has 1 amide bonds. The first-order chi connectivity index (χ1) is 12.1. The summed E-state index contributed by atoms with van der Waals surface area (Å²) in [5.74, 6) is -0.939. The van der Waals surface area contributed by atoms with Crippen molar-refractivity contribution in [2.45, 2.75) is 31.3 Å². The van der Waals surface area contributed by atoms with Gasteiger partial charge in [0.2, 0.25) is 10.0 Å². The quantitative estimate of drug-likeness (QED) is 0.731. The third-order valence-corrected chi connectivity index (χ3v) is 5.13. The fourth-order valence-corrected chi connectivity index (χ4v) is 3.53. The maximum atomic E-state index is 12.2. The average molecular weight is 396 g/mol. The zero-order valence-electron chi connectivity index (χ0n) is 14.6. The van der Waals surface area contributed by atoms with E-state index in [1.165, 1.54) is 35.6 Å². The SMILES string of the molecule is CC(C)(C)OC(=O)CNS(=O)(=O)c1ccc(NC(=O)c2ccsc2)cc1. The van der Waals surface area contributed by atoms with Crippen LogP contribution in [0.4, 0.5) is 5.69 Å². The number of hydrogen-bond donors (Lipinski definition) is 2. The highest BCUT2D eigenvalue weighted by atomic mass is 32.2. The van der Waals surface area contributed by atoms with Crippen LogP contribution in [0.25, 0.3) is 0 Å². The number of rotatable bonds is 6. The zero-order chi connectivity index (χ0) is 19.4. The molecule has 2 aromatic rings. The second-order valence-electron chi connectivity index (χ2n) is 6.40. The Balaban J connectivity index is 1.98. The largest absolute Gasteiger partial charge is 0.459 e. The van der Waals surface area contributed by atoms with Crippen molar-refractivity contribution in [3.63, 3.8) is 0 Å². The number of nitrogens with one attached hydrogen (secondary N) is 2. The average Bonchev–Trinajstić information content (AvgIpc) is 3.06. The van der Waals surface area contributed by atoms with E-state index in [1.54, 1.807) is 37.6 Å². The summed E-state index contributed by atoms with van der Waals surface area (Å²) in [4.78, 5) is 23.6. The summed E-state index contributed by atoms with van der Waals surface area (Å²) in [5.41, 5.74) is 0.309. The van der Waals surface area contributed by atoms with Gasteiger partial charge in [0, 0.05) is 11.1 Å². The predicted octanol–water partition coefficient (Wildman–Crippen LogP) is 2.62. The molecule has 26 heavy (non-hydrogen) atoms. The molecule has 140 valence electrons. The molecule has 0 fully saturated rings. The van der Waals surface area contributed by atoms with E-state index in [0.29, 0.717) is 11.3 Å². The van der Waals surface area contributed by atoms with Crippen molar-refractivity contribution < 1.29 is 22.7 Å². The molecule has 0 aliphatic carbocycles. The minimum absolute atomic E-state index is 0.0189. The minimum atomic E-state index is -3.86. The molecule has 0 radical (unpaired) electrons. The van der Waals surface area contributed by atoms with E-state index in [4.69, 9.17) is 4.74 Å². The van der Waals surface area contributed by atoms with Gasteiger partial charge in [0.25, 0.3) is 5.91 Å². The van der Waals surface area contributed by atoms with Crippen LogP contribution in [0.3, 0.4) is 0 Å². The highest BCUT2D eigenvalue weighted by molar-refractivity contribution is 7.89. The number of thiophene rings is 1. The number of carbonyl (C=O) groups is 2. The summed E-state index contributed by atoms with van der Waals surface area (Å²) in [6.07, 6.45) is 0. The van der Waals surface area contributed by atoms with Crippen molar-refractivity contribution >= 4 is 38.9 Å². The fourth-order valence-electron chi connectivity index (χ4n) is 1.93. The normalized spacial score (nSPS) is 11.8. The Morgan fingerprint density at radius 2 is 1.77 bits per heavy atom. The number of carbonyl (C=O) groups excluding carboxylic acids is 2. The van der Waals surface area contributed by atoms with E-state index < -0.39 is 28.1 Å². The smallest absolute Gasteiger partial charge is 0.321 e. The van der Waals surface area contributed by atoms with Crippen molar-refractivity contribution in [1.82, 2.24) is 4.72 Å². The molecule has 2 N–H and O–H groups in total. The van der Waals surface area contributed by atoms with Crippen molar-refractivity contribution in [3.8, 4) is 0 Å². The Labute approximate surface area is 156 Å². The number of amides is 1. The van der Waals surface area contributed by atoms with Crippen LogP contribution in [0.5, 0.6) is 0 Å². The Kier molecular flexibility index (Phi) is 6.17. The maximum Gasteiger partial charge on any atom is 0.321 e. The summed E-state index contributed by atoms with van der Waals surface area (Å²) < 4.78 is 31.7. The Bertz CT molecular complexity index is 867. The van der Waals surface area contributed by atoms with Gasteiger partial charge in [-0.1, -0.05) is 0 Å². The lowest BCUT2D eigenvalue weighted by atomic mass is 10.2. The van der Waals surface area contributed by atoms with Gasteiger partial charge in [0.05, 0.1) is 10.5 Å². The molecule has 0 bridgehead atoms. The van der Waals surface area contributed by atoms with Gasteiger partial charge in [-0.3, -0.25) is 9.59 Å². The molecule has 0 aliphatic rings. The van der Waals surface area contributed by atoms with Gasteiger partial charge in [-0.05, 0) is 56.5 Å². The van der Waals surface area contributed by atoms with Crippen molar-refractivity contribution in [3.05, 3.63) is 46.7 Å². The zero-order valence-corrected chi connectivity index (χ0v) is 16.2. The Hall–Kier alpha value is -2.23. The molecule has 0 saturated carbocycles. The van der Waals surface area contributed by atoms with Crippen molar-refractivity contribution in [2.24, 2.45) is 0 Å². The van der Waals surface area contributed by atoms with Gasteiger partial charge in [0.1, 0.15) is 12.1 Å². The van der Waals surface area contributed by atoms with Crippen LogP contribution in [-0.2, 0) is 19.6 Å². The van der Waals surface area contributed by atoms with Gasteiger partial charge in [-0.25, -0.2) is 8.42 Å². The van der Waals surface area contributed by atoms with Gasteiger partial charge in [-0.15, -0.1) is 0 Å². The number of hydrogen-bond acceptors (Lipinski definition) is 6. The van der Waals surface area contributed by atoms with Gasteiger partial charge >= 0.3 is 5.97 Å². The lowest BCUT2D eigenvalue weighted by Gasteiger charge is -2.19. The van der Waals surface area contributed by atoms with Crippen molar-refractivity contribution in [1.29, 1.82) is 0 Å². The summed E-state index contributed by atoms with van der Waals surface area (Å²) in [6.45, 7) is 4.63. The van der Waals surface area contributed by atoms with E-state index in [2.05, 4.69) is 10.0 Å². The molecule has 0 aliphatic heterocycles. The van der Waals surface area contributed by atoms with E-state index >= 15 is 0 Å². The third kappa shape index (κ3) is 5.94. The molecule has 1 aromatic heterocycles. The van der Waals surface area contributed by atoms with Crippen LogP contribution in [0.2, 0.25) is 0 Å². The molecule has 2 rings (SSSR count). The second kappa shape index (κ2) is 7.98. The first-order valence-corrected chi connectivity index (χ1v) is 10.1. The van der Waals surface area contributed by atoms with Crippen LogP contribution in [0.1, 0.15) is 31.1 Å². The minimum Gasteiger partial charge on any atom is -0.459 e. The first-order valence-electron chi connectivity index (χ1n) is 7.72. The Morgan fingerprint density at radius 3 is 2.31 bits per heavy atom. The first kappa shape index (κ1) is 20.1. The van der Waals surface area contributed by atoms with E-state index in [-0.39, 0.29) is 10.8 Å². The molecule has 0 spiro atoms. The van der Waals surface area contributed by atoms with Crippen LogP contribution < -0.4 is 10.0 Å². The lowest BCUT2D eigenvalue weighted by molar-refractivity contribution is -0.153. The topological polar surface area (TPSA) is 102 Å². The summed E-state index contributed by atoms with van der Waals surface area (Å²) >= 11 is 1.41. The monoisotopic (exact) mass is 396 g/mol. The highest BCUT2D eigenvalue weighted by Crippen LogP contribution is 2.16. The van der Waals surface area contributed by atoms with Crippen LogP contribution >= 0.6 is 11.3 Å². The number of anilines is 1. The second-order valence-corrected chi connectivity index (χ2v) is 8.95. The Morgan fingerprint density at radius 1 is 1.12 bits per heavy atom. The molecular formula is C17H20N2O5S2. The molecule has 1 heterocycles. The third-order valence-electron chi connectivity index (χ3n) is 3.03. The molecule has 1 aromatic carbocycles. The predicted molar refractivity (Wildman–Crippen MR) is 99.7 cm³/mol. The van der Waals surface area contributed by atoms with Crippen LogP contribution in [0.15, 0.2) is 46.0 Å². The molecule has 0 unspecified atom stereocenters. The maximum absolute atomic E-state index is 12.2. The summed E-state index contributed by atoms with van der Waals surface area (Å²) in [5, 5.41) is 6.19. The highest BCUT2D eigenvalue weighted by Gasteiger charge is 2.20. The summed E-state index contributed by atoms with van der Waals surface area (Å²) in [7, 11) is -3.86. The van der Waals surface area contributed by atoms with Gasteiger partial charge in [0.15, 0.2) is 0 Å². The van der Waals surface area contributed by atoms with Gasteiger partial charge < -0.3 is 10.1 Å². The van der Waals surface area contributed by atoms with Crippen molar-refractivity contribution in [2.75, 3.05) is 11.9 Å². The van der Waals surface area contributed by atoms with E-state index in [0.717, 1.165) is 0 Å². The molecule has 7 nitrogen and oxygen atoms in total. The molecule has 0 atom stereocenters. The number of ether oxygens (including phenoxy) is 1. The van der Waals surface area contributed by atoms with Crippen LogP contribution in [-0.4, -0.2) is 32.4 Å². The lowest BCUT2D eigenvalue weighted by Crippen LogP contribution is -2.34.